The fraction of sp³-hybridized carbons (Fsp3) is 0.278. The molecule has 1 N–H and O–H groups in total. The number of amides is 1. The Morgan fingerprint density at radius 2 is 2.14 bits per heavy atom. The van der Waals surface area contributed by atoms with Gasteiger partial charge in [0, 0.05) is 37.3 Å². The average Bonchev–Trinajstić information content (AvgIpc) is 3.08. The van der Waals surface area contributed by atoms with Crippen LogP contribution in [0.4, 0.5) is 4.39 Å². The van der Waals surface area contributed by atoms with Gasteiger partial charge < -0.3 is 4.90 Å². The third kappa shape index (κ3) is 3.83. The van der Waals surface area contributed by atoms with Crippen molar-refractivity contribution in [2.45, 2.75) is 24.8 Å². The van der Waals surface area contributed by atoms with E-state index in [1.807, 2.05) is 13.0 Å². The molecular weight excluding hydrogens is 421 g/mol. The highest BCUT2D eigenvalue weighted by atomic mass is 35.5. The lowest BCUT2D eigenvalue weighted by atomic mass is 10.1. The Bertz CT molecular complexity index is 1230. The highest BCUT2D eigenvalue weighted by Gasteiger charge is 2.25. The van der Waals surface area contributed by atoms with Gasteiger partial charge in [-0.1, -0.05) is 11.6 Å². The Morgan fingerprint density at radius 3 is 2.90 bits per heavy atom. The molecule has 0 bridgehead atoms. The maximum absolute atomic E-state index is 13.2. The predicted octanol–water partition coefficient (Wildman–Crippen LogP) is 1.69. The number of sulfonamides is 1. The van der Waals surface area contributed by atoms with E-state index in [1.54, 1.807) is 15.6 Å². The average molecular weight is 438 g/mol. The fourth-order valence-corrected chi connectivity index (χ4v) is 4.51. The molecule has 3 aromatic rings. The van der Waals surface area contributed by atoms with Crippen molar-refractivity contribution >= 4 is 33.2 Å². The van der Waals surface area contributed by atoms with E-state index in [-0.39, 0.29) is 15.8 Å². The molecule has 0 radical (unpaired) electrons. The Balaban J connectivity index is 1.45. The molecule has 1 aliphatic rings. The molecule has 0 fully saturated rings. The van der Waals surface area contributed by atoms with Gasteiger partial charge in [0.25, 0.3) is 0 Å². The predicted molar refractivity (Wildman–Crippen MR) is 103 cm³/mol. The summed E-state index contributed by atoms with van der Waals surface area (Å²) >= 11 is 5.64. The largest absolute Gasteiger partial charge is 0.337 e. The van der Waals surface area contributed by atoms with Crippen molar-refractivity contribution in [2.75, 3.05) is 13.1 Å². The molecule has 0 spiro atoms. The second-order valence-corrected chi connectivity index (χ2v) is 8.93. The number of hydrogen-bond donors (Lipinski definition) is 1. The van der Waals surface area contributed by atoms with Gasteiger partial charge in [-0.2, -0.15) is 5.10 Å². The zero-order valence-electron chi connectivity index (χ0n) is 15.4. The summed E-state index contributed by atoms with van der Waals surface area (Å²) in [7, 11) is -3.99. The molecular formula is C18H17ClFN5O3S. The normalized spacial score (nSPS) is 14.2. The zero-order valence-corrected chi connectivity index (χ0v) is 17.0. The van der Waals surface area contributed by atoms with Crippen molar-refractivity contribution in [1.82, 2.24) is 24.2 Å². The first-order valence-corrected chi connectivity index (χ1v) is 10.7. The number of rotatable bonds is 4. The Morgan fingerprint density at radius 1 is 1.34 bits per heavy atom. The summed E-state index contributed by atoms with van der Waals surface area (Å²) in [6, 6.07) is 4.94. The van der Waals surface area contributed by atoms with Crippen LogP contribution in [0.15, 0.2) is 35.4 Å². The van der Waals surface area contributed by atoms with E-state index in [0.29, 0.717) is 19.5 Å². The van der Waals surface area contributed by atoms with Crippen molar-refractivity contribution in [1.29, 1.82) is 0 Å². The number of aromatic nitrogens is 3. The van der Waals surface area contributed by atoms with Gasteiger partial charge in [-0.3, -0.25) is 4.79 Å². The van der Waals surface area contributed by atoms with Gasteiger partial charge in [0.15, 0.2) is 5.65 Å². The lowest BCUT2D eigenvalue weighted by Crippen LogP contribution is -2.43. The summed E-state index contributed by atoms with van der Waals surface area (Å²) in [5.41, 5.74) is 3.48. The summed E-state index contributed by atoms with van der Waals surface area (Å²) < 4.78 is 42.0. The second kappa shape index (κ2) is 7.36. The molecule has 2 aromatic heterocycles. The van der Waals surface area contributed by atoms with Crippen molar-refractivity contribution in [2.24, 2.45) is 0 Å². The van der Waals surface area contributed by atoms with E-state index in [4.69, 9.17) is 11.6 Å². The first-order valence-electron chi connectivity index (χ1n) is 8.80. The van der Waals surface area contributed by atoms with Crippen LogP contribution in [0.2, 0.25) is 5.02 Å². The molecule has 0 saturated carbocycles. The summed E-state index contributed by atoms with van der Waals surface area (Å²) in [6.45, 7) is 2.23. The molecule has 1 aromatic carbocycles. The number of carbonyl (C=O) groups excluding carboxylic acids is 1. The van der Waals surface area contributed by atoms with Gasteiger partial charge >= 0.3 is 0 Å². The number of nitrogens with one attached hydrogen (secondary N) is 1. The number of fused-ring (bicyclic) bond motifs is 3. The smallest absolute Gasteiger partial charge is 0.241 e. The van der Waals surface area contributed by atoms with Crippen molar-refractivity contribution in [3.8, 4) is 0 Å². The summed E-state index contributed by atoms with van der Waals surface area (Å²) in [4.78, 5) is 18.3. The highest BCUT2D eigenvalue weighted by Crippen LogP contribution is 2.21. The Labute approximate surface area is 171 Å². The SMILES string of the molecule is Cc1cc2ncc3c(n2n1)CCN(C(=O)CNS(=O)(=O)c1ccc(F)c(Cl)c1)C3. The van der Waals surface area contributed by atoms with Gasteiger partial charge in [-0.05, 0) is 25.1 Å². The van der Waals surface area contributed by atoms with E-state index in [1.165, 1.54) is 0 Å². The van der Waals surface area contributed by atoms with Crippen LogP contribution in [0.1, 0.15) is 17.0 Å². The van der Waals surface area contributed by atoms with Crippen LogP contribution >= 0.6 is 11.6 Å². The van der Waals surface area contributed by atoms with Crippen molar-refractivity contribution in [3.63, 3.8) is 0 Å². The third-order valence-corrected chi connectivity index (χ3v) is 6.43. The maximum Gasteiger partial charge on any atom is 0.241 e. The zero-order chi connectivity index (χ0) is 20.8. The maximum atomic E-state index is 13.2. The number of hydrogen-bond acceptors (Lipinski definition) is 5. The third-order valence-electron chi connectivity index (χ3n) is 4.74. The lowest BCUT2D eigenvalue weighted by Gasteiger charge is -2.28. The van der Waals surface area contributed by atoms with Crippen molar-refractivity contribution in [3.05, 3.63) is 58.3 Å². The topological polar surface area (TPSA) is 96.7 Å². The van der Waals surface area contributed by atoms with Gasteiger partial charge in [-0.15, -0.1) is 0 Å². The van der Waals surface area contributed by atoms with Crippen LogP contribution in [0.3, 0.4) is 0 Å². The molecule has 0 aliphatic carbocycles. The lowest BCUT2D eigenvalue weighted by molar-refractivity contribution is -0.130. The molecule has 1 aliphatic heterocycles. The molecule has 4 rings (SSSR count). The summed E-state index contributed by atoms with van der Waals surface area (Å²) in [5, 5.41) is 4.13. The Kier molecular flexibility index (Phi) is 5.01. The molecule has 152 valence electrons. The van der Waals surface area contributed by atoms with Crippen LogP contribution in [0.25, 0.3) is 5.65 Å². The van der Waals surface area contributed by atoms with Gasteiger partial charge in [0.05, 0.1) is 27.9 Å². The summed E-state index contributed by atoms with van der Waals surface area (Å²) in [5.74, 6) is -1.09. The fourth-order valence-electron chi connectivity index (χ4n) is 3.26. The quantitative estimate of drug-likeness (QED) is 0.670. The monoisotopic (exact) mass is 437 g/mol. The molecule has 0 saturated heterocycles. The Hall–Kier alpha value is -2.56. The number of aryl methyl sites for hydroxylation is 1. The van der Waals surface area contributed by atoms with E-state index in [9.17, 15) is 17.6 Å². The molecule has 8 nitrogen and oxygen atoms in total. The van der Waals surface area contributed by atoms with Crippen LogP contribution in [-0.2, 0) is 27.8 Å². The van der Waals surface area contributed by atoms with Gasteiger partial charge in [0.2, 0.25) is 15.9 Å². The minimum atomic E-state index is -3.99. The molecule has 11 heteroatoms. The van der Waals surface area contributed by atoms with Crippen LogP contribution in [0.5, 0.6) is 0 Å². The van der Waals surface area contributed by atoms with E-state index < -0.39 is 22.4 Å². The van der Waals surface area contributed by atoms with Crippen LogP contribution in [0, 0.1) is 12.7 Å². The van der Waals surface area contributed by atoms with Crippen molar-refractivity contribution < 1.29 is 17.6 Å². The standard InChI is InChI=1S/C18H17ClFN5O3S/c1-11-6-17-21-8-12-10-24(5-4-16(12)25(17)23-11)18(26)9-22-29(27,28)13-2-3-15(20)14(19)7-13/h2-3,6-8,22H,4-5,9-10H2,1H3. The number of halogens is 2. The molecule has 1 amide bonds. The van der Waals surface area contributed by atoms with Gasteiger partial charge in [0.1, 0.15) is 5.82 Å². The van der Waals surface area contributed by atoms with Crippen LogP contribution in [-0.4, -0.2) is 46.9 Å². The van der Waals surface area contributed by atoms with E-state index in [0.717, 1.165) is 40.8 Å². The molecule has 29 heavy (non-hydrogen) atoms. The first-order chi connectivity index (χ1) is 13.7. The molecule has 3 heterocycles. The first kappa shape index (κ1) is 19.7. The molecule has 0 unspecified atom stereocenters. The number of carbonyl (C=O) groups is 1. The number of nitrogens with zero attached hydrogens (tertiary/aromatic N) is 4. The molecule has 0 atom stereocenters. The van der Waals surface area contributed by atoms with E-state index in [2.05, 4.69) is 14.8 Å². The number of benzene rings is 1. The minimum Gasteiger partial charge on any atom is -0.337 e. The van der Waals surface area contributed by atoms with Gasteiger partial charge in [-0.25, -0.2) is 27.0 Å². The minimum absolute atomic E-state index is 0.207. The summed E-state index contributed by atoms with van der Waals surface area (Å²) in [6.07, 6.45) is 2.30. The second-order valence-electron chi connectivity index (χ2n) is 6.75. The van der Waals surface area contributed by atoms with E-state index >= 15 is 0 Å². The van der Waals surface area contributed by atoms with Crippen LogP contribution < -0.4 is 4.72 Å². The highest BCUT2D eigenvalue weighted by molar-refractivity contribution is 7.89.